The monoisotopic (exact) mass is 477 g/mol. The van der Waals surface area contributed by atoms with Gasteiger partial charge in [0.1, 0.15) is 23.1 Å². The van der Waals surface area contributed by atoms with Crippen molar-refractivity contribution in [2.45, 2.75) is 52.6 Å². The highest BCUT2D eigenvalue weighted by molar-refractivity contribution is 5.81. The van der Waals surface area contributed by atoms with Crippen LogP contribution in [0.25, 0.3) is 11.3 Å². The molecule has 0 fully saturated rings. The summed E-state index contributed by atoms with van der Waals surface area (Å²) in [6.45, 7) is 8.73. The summed E-state index contributed by atoms with van der Waals surface area (Å²) in [6.07, 6.45) is 3.35. The standard InChI is InChI=1S/C27H32FN5O2/c1-17-12-19-15-21-23(24(19)30-16-17)25(29-10-7-11-33(5)26(34)35-27(2,3)4)32-22(31-21)14-18-8-6-9-20(28)13-18/h6,8-9,12-13,16H,7,10-11,14-15H2,1-5H3,(H,29,31,32). The quantitative estimate of drug-likeness (QED) is 0.371. The van der Waals surface area contributed by atoms with Crippen LogP contribution in [0.15, 0.2) is 36.5 Å². The molecule has 1 aliphatic carbocycles. The highest BCUT2D eigenvalue weighted by atomic mass is 19.1. The molecule has 2 heterocycles. The molecule has 1 aliphatic rings. The molecule has 1 amide bonds. The van der Waals surface area contributed by atoms with Crippen LogP contribution in [0.5, 0.6) is 0 Å². The number of ether oxygens (including phenoxy) is 1. The Balaban J connectivity index is 1.51. The molecule has 1 aromatic carbocycles. The largest absolute Gasteiger partial charge is 0.444 e. The maximum atomic E-state index is 13.7. The Hall–Kier alpha value is -3.55. The lowest BCUT2D eigenvalue weighted by Gasteiger charge is -2.24. The van der Waals surface area contributed by atoms with E-state index in [0.29, 0.717) is 38.2 Å². The zero-order chi connectivity index (χ0) is 25.2. The van der Waals surface area contributed by atoms with E-state index in [4.69, 9.17) is 14.7 Å². The van der Waals surface area contributed by atoms with Crippen LogP contribution in [-0.4, -0.2) is 51.7 Å². The molecule has 2 aromatic heterocycles. The third-order valence-electron chi connectivity index (χ3n) is 5.65. The Morgan fingerprint density at radius 3 is 2.77 bits per heavy atom. The summed E-state index contributed by atoms with van der Waals surface area (Å²) in [5, 5.41) is 3.44. The number of aromatic nitrogens is 3. The van der Waals surface area contributed by atoms with Gasteiger partial charge in [-0.2, -0.15) is 0 Å². The van der Waals surface area contributed by atoms with Crippen LogP contribution in [0.4, 0.5) is 15.0 Å². The summed E-state index contributed by atoms with van der Waals surface area (Å²) in [5.41, 5.74) is 5.27. The zero-order valence-electron chi connectivity index (χ0n) is 21.0. The molecule has 0 atom stereocenters. The number of anilines is 1. The molecular weight excluding hydrogens is 445 g/mol. The molecule has 35 heavy (non-hydrogen) atoms. The smallest absolute Gasteiger partial charge is 0.410 e. The minimum Gasteiger partial charge on any atom is -0.444 e. The van der Waals surface area contributed by atoms with Crippen LogP contribution in [-0.2, 0) is 17.6 Å². The number of carbonyl (C=O) groups excluding carboxylic acids is 1. The number of nitrogens with zero attached hydrogens (tertiary/aromatic N) is 4. The van der Waals surface area contributed by atoms with Crippen molar-refractivity contribution in [1.82, 2.24) is 19.9 Å². The zero-order valence-corrected chi connectivity index (χ0v) is 21.0. The van der Waals surface area contributed by atoms with Crippen LogP contribution >= 0.6 is 0 Å². The topological polar surface area (TPSA) is 80.2 Å². The molecule has 8 heteroatoms. The first-order valence-corrected chi connectivity index (χ1v) is 11.9. The Labute approximate surface area is 205 Å². The molecular formula is C27H32FN5O2. The number of nitrogens with one attached hydrogen (secondary N) is 1. The number of amides is 1. The second-order valence-electron chi connectivity index (χ2n) is 10.00. The van der Waals surface area contributed by atoms with Gasteiger partial charge >= 0.3 is 6.09 Å². The molecule has 0 aliphatic heterocycles. The van der Waals surface area contributed by atoms with E-state index < -0.39 is 5.60 Å². The first kappa shape index (κ1) is 24.6. The molecule has 1 N–H and O–H groups in total. The number of pyridine rings is 1. The number of halogens is 1. The van der Waals surface area contributed by atoms with Gasteiger partial charge in [-0.15, -0.1) is 0 Å². The third-order valence-corrected chi connectivity index (χ3v) is 5.65. The maximum absolute atomic E-state index is 13.7. The minimum atomic E-state index is -0.526. The highest BCUT2D eigenvalue weighted by Gasteiger charge is 2.27. The van der Waals surface area contributed by atoms with Crippen molar-refractivity contribution in [3.8, 4) is 11.3 Å². The fourth-order valence-electron chi connectivity index (χ4n) is 4.10. The molecule has 0 bridgehead atoms. The molecule has 4 rings (SSSR count). The van der Waals surface area contributed by atoms with Crippen molar-refractivity contribution in [3.05, 3.63) is 70.6 Å². The molecule has 3 aromatic rings. The molecule has 0 radical (unpaired) electrons. The lowest BCUT2D eigenvalue weighted by Crippen LogP contribution is -2.35. The van der Waals surface area contributed by atoms with Crippen LogP contribution in [0, 0.1) is 12.7 Å². The van der Waals surface area contributed by atoms with Gasteiger partial charge < -0.3 is 15.0 Å². The van der Waals surface area contributed by atoms with Crippen LogP contribution < -0.4 is 5.32 Å². The van der Waals surface area contributed by atoms with Gasteiger partial charge in [0.2, 0.25) is 0 Å². The molecule has 0 saturated heterocycles. The van der Waals surface area contributed by atoms with Gasteiger partial charge in [-0.05, 0) is 62.9 Å². The number of rotatable bonds is 7. The van der Waals surface area contributed by atoms with Crippen molar-refractivity contribution >= 4 is 11.9 Å². The van der Waals surface area contributed by atoms with E-state index in [9.17, 15) is 9.18 Å². The van der Waals surface area contributed by atoms with Crippen molar-refractivity contribution in [1.29, 1.82) is 0 Å². The van der Waals surface area contributed by atoms with E-state index in [1.807, 2.05) is 40.0 Å². The Bertz CT molecular complexity index is 1240. The summed E-state index contributed by atoms with van der Waals surface area (Å²) >= 11 is 0. The van der Waals surface area contributed by atoms with E-state index in [-0.39, 0.29) is 11.9 Å². The molecule has 184 valence electrons. The number of benzene rings is 1. The predicted octanol–water partition coefficient (Wildman–Crippen LogP) is 5.15. The molecule has 7 nitrogen and oxygen atoms in total. The average molecular weight is 478 g/mol. The fraction of sp³-hybridized carbons (Fsp3) is 0.407. The fourth-order valence-corrected chi connectivity index (χ4v) is 4.10. The van der Waals surface area contributed by atoms with E-state index in [1.165, 1.54) is 12.1 Å². The van der Waals surface area contributed by atoms with Gasteiger partial charge in [-0.3, -0.25) is 4.98 Å². The second kappa shape index (κ2) is 9.98. The van der Waals surface area contributed by atoms with E-state index >= 15 is 0 Å². The summed E-state index contributed by atoms with van der Waals surface area (Å²) in [7, 11) is 1.73. The Kier molecular flexibility index (Phi) is 7.00. The van der Waals surface area contributed by atoms with Gasteiger partial charge in [0.15, 0.2) is 0 Å². The van der Waals surface area contributed by atoms with E-state index in [0.717, 1.165) is 39.5 Å². The van der Waals surface area contributed by atoms with Crippen LogP contribution in [0.1, 0.15) is 55.4 Å². The molecule has 0 spiro atoms. The summed E-state index contributed by atoms with van der Waals surface area (Å²) < 4.78 is 19.1. The van der Waals surface area contributed by atoms with Gasteiger partial charge in [0.05, 0.1) is 17.0 Å². The number of fused-ring (bicyclic) bond motifs is 3. The Morgan fingerprint density at radius 1 is 1.23 bits per heavy atom. The van der Waals surface area contributed by atoms with Crippen molar-refractivity contribution in [2.24, 2.45) is 0 Å². The van der Waals surface area contributed by atoms with Crippen LogP contribution in [0.3, 0.4) is 0 Å². The van der Waals surface area contributed by atoms with Crippen molar-refractivity contribution in [3.63, 3.8) is 0 Å². The van der Waals surface area contributed by atoms with Gasteiger partial charge in [-0.25, -0.2) is 19.2 Å². The Morgan fingerprint density at radius 2 is 2.03 bits per heavy atom. The third kappa shape index (κ3) is 6.12. The van der Waals surface area contributed by atoms with E-state index in [2.05, 4.69) is 16.4 Å². The summed E-state index contributed by atoms with van der Waals surface area (Å²) in [5.74, 6) is 1.08. The first-order chi connectivity index (χ1) is 16.6. The van der Waals surface area contributed by atoms with Crippen LogP contribution in [0.2, 0.25) is 0 Å². The number of aryl methyl sites for hydroxylation is 1. The predicted molar refractivity (Wildman–Crippen MR) is 134 cm³/mol. The average Bonchev–Trinajstić information content (AvgIpc) is 3.12. The molecule has 0 unspecified atom stereocenters. The minimum absolute atomic E-state index is 0.275. The SMILES string of the molecule is Cc1cnc2c(c1)Cc1nc(Cc3cccc(F)c3)nc(NCCCN(C)C(=O)OC(C)(C)C)c1-2. The second-order valence-corrected chi connectivity index (χ2v) is 10.00. The summed E-state index contributed by atoms with van der Waals surface area (Å²) in [4.78, 5) is 28.1. The highest BCUT2D eigenvalue weighted by Crippen LogP contribution is 2.38. The lowest BCUT2D eigenvalue weighted by molar-refractivity contribution is 0.0298. The van der Waals surface area contributed by atoms with E-state index in [1.54, 1.807) is 18.0 Å². The van der Waals surface area contributed by atoms with Gasteiger partial charge in [0.25, 0.3) is 0 Å². The van der Waals surface area contributed by atoms with Gasteiger partial charge in [-0.1, -0.05) is 18.2 Å². The summed E-state index contributed by atoms with van der Waals surface area (Å²) in [6, 6.07) is 8.64. The number of hydrogen-bond donors (Lipinski definition) is 1. The van der Waals surface area contributed by atoms with Crippen molar-refractivity contribution < 1.29 is 13.9 Å². The van der Waals surface area contributed by atoms with Gasteiger partial charge in [0, 0.05) is 39.2 Å². The molecule has 0 saturated carbocycles. The maximum Gasteiger partial charge on any atom is 0.410 e. The number of carbonyl (C=O) groups is 1. The number of hydrogen-bond acceptors (Lipinski definition) is 6. The normalized spacial score (nSPS) is 12.2. The van der Waals surface area contributed by atoms with Crippen molar-refractivity contribution in [2.75, 3.05) is 25.5 Å². The first-order valence-electron chi connectivity index (χ1n) is 11.9. The lowest BCUT2D eigenvalue weighted by atomic mass is 10.1.